The molecule has 6 heteroatoms. The Morgan fingerprint density at radius 3 is 3.00 bits per heavy atom. The smallest absolute Gasteiger partial charge is 0.271 e. The third-order valence-corrected chi connectivity index (χ3v) is 3.98. The van der Waals surface area contributed by atoms with Crippen molar-refractivity contribution in [2.45, 2.75) is 19.9 Å². The summed E-state index contributed by atoms with van der Waals surface area (Å²) >= 11 is 1.46. The molecule has 1 aromatic carbocycles. The van der Waals surface area contributed by atoms with E-state index in [1.54, 1.807) is 12.5 Å². The van der Waals surface area contributed by atoms with Gasteiger partial charge in [-0.2, -0.15) is 0 Å². The van der Waals surface area contributed by atoms with Gasteiger partial charge in [0.1, 0.15) is 11.4 Å². The highest BCUT2D eigenvalue weighted by Gasteiger charge is 2.10. The predicted molar refractivity (Wildman–Crippen MR) is 83.8 cm³/mol. The molecule has 0 fully saturated rings. The van der Waals surface area contributed by atoms with Crippen molar-refractivity contribution in [3.05, 3.63) is 45.4 Å². The summed E-state index contributed by atoms with van der Waals surface area (Å²) in [4.78, 5) is 16.3. The largest absolute Gasteiger partial charge is 0.496 e. The van der Waals surface area contributed by atoms with Crippen molar-refractivity contribution in [3.63, 3.8) is 0 Å². The minimum atomic E-state index is -0.172. The summed E-state index contributed by atoms with van der Waals surface area (Å²) in [5.74, 6) is 0.648. The van der Waals surface area contributed by atoms with Gasteiger partial charge < -0.3 is 15.8 Å². The minimum absolute atomic E-state index is 0.172. The number of thiazole rings is 1. The van der Waals surface area contributed by atoms with E-state index in [0.717, 1.165) is 21.9 Å². The van der Waals surface area contributed by atoms with E-state index in [0.29, 0.717) is 25.2 Å². The van der Waals surface area contributed by atoms with Crippen molar-refractivity contribution >= 4 is 17.2 Å². The molecule has 5 nitrogen and oxygen atoms in total. The van der Waals surface area contributed by atoms with Crippen LogP contribution in [0.5, 0.6) is 5.75 Å². The van der Waals surface area contributed by atoms with Crippen LogP contribution >= 0.6 is 11.3 Å². The highest BCUT2D eigenvalue weighted by molar-refractivity contribution is 7.09. The van der Waals surface area contributed by atoms with Gasteiger partial charge in [-0.25, -0.2) is 4.98 Å². The van der Waals surface area contributed by atoms with Crippen molar-refractivity contribution in [1.82, 2.24) is 10.3 Å². The van der Waals surface area contributed by atoms with Gasteiger partial charge in [0, 0.05) is 18.3 Å². The maximum atomic E-state index is 12.0. The Morgan fingerprint density at radius 2 is 2.29 bits per heavy atom. The van der Waals surface area contributed by atoms with Crippen LogP contribution in [0.1, 0.15) is 26.6 Å². The van der Waals surface area contributed by atoms with Gasteiger partial charge in [-0.15, -0.1) is 11.3 Å². The van der Waals surface area contributed by atoms with Crippen molar-refractivity contribution in [2.75, 3.05) is 13.7 Å². The van der Waals surface area contributed by atoms with Crippen LogP contribution in [-0.2, 0) is 13.0 Å². The van der Waals surface area contributed by atoms with Gasteiger partial charge in [0.2, 0.25) is 0 Å². The lowest BCUT2D eigenvalue weighted by Gasteiger charge is -2.08. The maximum absolute atomic E-state index is 12.0. The van der Waals surface area contributed by atoms with Crippen molar-refractivity contribution in [1.29, 1.82) is 0 Å². The van der Waals surface area contributed by atoms with Crippen LogP contribution < -0.4 is 15.8 Å². The third-order valence-electron chi connectivity index (χ3n) is 3.07. The number of nitrogens with one attached hydrogen (secondary N) is 1. The normalized spacial score (nSPS) is 10.4. The van der Waals surface area contributed by atoms with E-state index in [1.807, 2.05) is 25.1 Å². The van der Waals surface area contributed by atoms with Gasteiger partial charge in [-0.05, 0) is 30.7 Å². The molecule has 0 saturated carbocycles. The van der Waals surface area contributed by atoms with Crippen LogP contribution in [0.25, 0.3) is 0 Å². The summed E-state index contributed by atoms with van der Waals surface area (Å²) in [5, 5.41) is 5.51. The lowest BCUT2D eigenvalue weighted by molar-refractivity contribution is 0.0946. The molecule has 3 N–H and O–H groups in total. The quantitative estimate of drug-likeness (QED) is 0.854. The summed E-state index contributed by atoms with van der Waals surface area (Å²) < 4.78 is 5.27. The number of aryl methyl sites for hydroxylation is 1. The fraction of sp³-hybridized carbons (Fsp3) is 0.333. The fourth-order valence-electron chi connectivity index (χ4n) is 1.90. The van der Waals surface area contributed by atoms with Crippen LogP contribution in [-0.4, -0.2) is 24.5 Å². The van der Waals surface area contributed by atoms with Gasteiger partial charge >= 0.3 is 0 Å². The average Bonchev–Trinajstić information content (AvgIpc) is 2.95. The molecule has 0 radical (unpaired) electrons. The summed E-state index contributed by atoms with van der Waals surface area (Å²) in [6.45, 7) is 2.96. The Morgan fingerprint density at radius 1 is 1.48 bits per heavy atom. The molecule has 1 heterocycles. The first kappa shape index (κ1) is 15.5. The van der Waals surface area contributed by atoms with Crippen LogP contribution in [0.4, 0.5) is 0 Å². The molecule has 2 rings (SSSR count). The van der Waals surface area contributed by atoms with Gasteiger partial charge in [0.05, 0.1) is 12.1 Å². The van der Waals surface area contributed by atoms with Gasteiger partial charge in [0.25, 0.3) is 5.91 Å². The van der Waals surface area contributed by atoms with Crippen molar-refractivity contribution in [3.8, 4) is 5.75 Å². The van der Waals surface area contributed by atoms with E-state index in [-0.39, 0.29) is 5.91 Å². The Labute approximate surface area is 128 Å². The van der Waals surface area contributed by atoms with Crippen molar-refractivity contribution < 1.29 is 9.53 Å². The summed E-state index contributed by atoms with van der Waals surface area (Å²) in [6, 6.07) is 5.87. The second-order valence-corrected chi connectivity index (χ2v) is 5.59. The number of nitrogens with two attached hydrogens (primary N) is 1. The highest BCUT2D eigenvalue weighted by Crippen LogP contribution is 2.19. The molecule has 0 bridgehead atoms. The van der Waals surface area contributed by atoms with E-state index in [1.165, 1.54) is 11.3 Å². The number of amides is 1. The standard InChI is InChI=1S/C15H19N3O2S/c1-10-3-4-11(7-13(10)20-2)8-17-15(19)12-9-21-14(18-12)5-6-16/h3-4,7,9H,5-6,8,16H2,1-2H3,(H,17,19). The lowest BCUT2D eigenvalue weighted by atomic mass is 10.1. The second kappa shape index (κ2) is 7.19. The summed E-state index contributed by atoms with van der Waals surface area (Å²) in [7, 11) is 1.64. The van der Waals surface area contributed by atoms with Crippen LogP contribution in [0, 0.1) is 6.92 Å². The molecule has 21 heavy (non-hydrogen) atoms. The molecule has 1 aromatic heterocycles. The van der Waals surface area contributed by atoms with Crippen LogP contribution in [0.2, 0.25) is 0 Å². The maximum Gasteiger partial charge on any atom is 0.271 e. The fourth-order valence-corrected chi connectivity index (χ4v) is 2.69. The van der Waals surface area contributed by atoms with Gasteiger partial charge in [0.15, 0.2) is 0 Å². The molecular formula is C15H19N3O2S. The number of hydrogen-bond donors (Lipinski definition) is 2. The number of nitrogens with zero attached hydrogens (tertiary/aromatic N) is 1. The second-order valence-electron chi connectivity index (χ2n) is 4.65. The SMILES string of the molecule is COc1cc(CNC(=O)c2csc(CCN)n2)ccc1C. The Hall–Kier alpha value is -1.92. The zero-order valence-electron chi connectivity index (χ0n) is 12.2. The number of aromatic nitrogens is 1. The molecule has 0 atom stereocenters. The molecule has 0 unspecified atom stereocenters. The lowest BCUT2D eigenvalue weighted by Crippen LogP contribution is -2.23. The highest BCUT2D eigenvalue weighted by atomic mass is 32.1. The Bertz CT molecular complexity index is 625. The average molecular weight is 305 g/mol. The number of rotatable bonds is 6. The zero-order valence-corrected chi connectivity index (χ0v) is 13.0. The van der Waals surface area contributed by atoms with Crippen LogP contribution in [0.15, 0.2) is 23.6 Å². The molecule has 0 spiro atoms. The molecular weight excluding hydrogens is 286 g/mol. The van der Waals surface area contributed by atoms with E-state index >= 15 is 0 Å². The van der Waals surface area contributed by atoms with E-state index in [2.05, 4.69) is 10.3 Å². The first-order valence-corrected chi connectivity index (χ1v) is 7.58. The number of hydrogen-bond acceptors (Lipinski definition) is 5. The number of carbonyl (C=O) groups is 1. The molecule has 2 aromatic rings. The molecule has 0 aliphatic rings. The monoisotopic (exact) mass is 305 g/mol. The third kappa shape index (κ3) is 4.03. The molecule has 0 saturated heterocycles. The van der Waals surface area contributed by atoms with Gasteiger partial charge in [-0.3, -0.25) is 4.79 Å². The number of methoxy groups -OCH3 is 1. The number of ether oxygens (including phenoxy) is 1. The van der Waals surface area contributed by atoms with E-state index in [4.69, 9.17) is 10.5 Å². The van der Waals surface area contributed by atoms with E-state index < -0.39 is 0 Å². The minimum Gasteiger partial charge on any atom is -0.496 e. The molecule has 112 valence electrons. The number of benzene rings is 1. The summed E-state index contributed by atoms with van der Waals surface area (Å²) in [6.07, 6.45) is 0.701. The molecule has 1 amide bonds. The topological polar surface area (TPSA) is 77.2 Å². The first-order chi connectivity index (χ1) is 10.1. The van der Waals surface area contributed by atoms with E-state index in [9.17, 15) is 4.79 Å². The predicted octanol–water partition coefficient (Wildman–Crippen LogP) is 1.89. The zero-order chi connectivity index (χ0) is 15.2. The van der Waals surface area contributed by atoms with Gasteiger partial charge in [-0.1, -0.05) is 12.1 Å². The number of carbonyl (C=O) groups excluding carboxylic acids is 1. The Balaban J connectivity index is 1.97. The Kier molecular flexibility index (Phi) is 5.30. The van der Waals surface area contributed by atoms with Crippen molar-refractivity contribution in [2.24, 2.45) is 5.73 Å². The first-order valence-electron chi connectivity index (χ1n) is 6.70. The summed E-state index contributed by atoms with van der Waals surface area (Å²) in [5.41, 5.74) is 7.98. The van der Waals surface area contributed by atoms with Crippen LogP contribution in [0.3, 0.4) is 0 Å². The molecule has 0 aliphatic carbocycles. The molecule has 0 aliphatic heterocycles.